The first-order valence-electron chi connectivity index (χ1n) is 21.6. The minimum atomic E-state index is -4.77. The van der Waals surface area contributed by atoms with E-state index < -0.39 is 32.5 Å². The van der Waals surface area contributed by atoms with E-state index in [-0.39, 0.29) is 19.4 Å². The molecule has 0 aromatic heterocycles. The second-order valence-electron chi connectivity index (χ2n) is 14.4. The fraction of sp³-hybridized carbons (Fsp3) is 0.733. The summed E-state index contributed by atoms with van der Waals surface area (Å²) in [4.78, 5) is 42.8. The summed E-state index contributed by atoms with van der Waals surface area (Å²) in [6.45, 7) is 3.49. The number of allylic oxidation sites excluding steroid dienone is 10. The molecule has 0 saturated carbocycles. The fourth-order valence-corrected chi connectivity index (χ4v) is 6.35. The summed E-state index contributed by atoms with van der Waals surface area (Å²) in [5, 5.41) is 0. The summed E-state index contributed by atoms with van der Waals surface area (Å²) in [6.07, 6.45) is 51.2. The molecule has 0 aliphatic rings. The lowest BCUT2D eigenvalue weighted by Gasteiger charge is -2.18. The van der Waals surface area contributed by atoms with Crippen LogP contribution in [0.25, 0.3) is 0 Å². The highest BCUT2D eigenvalue weighted by atomic mass is 31.2. The van der Waals surface area contributed by atoms with Crippen molar-refractivity contribution < 1.29 is 37.9 Å². The summed E-state index contributed by atoms with van der Waals surface area (Å²) in [7, 11) is -4.77. The van der Waals surface area contributed by atoms with E-state index in [4.69, 9.17) is 19.3 Å². The molecule has 312 valence electrons. The van der Waals surface area contributed by atoms with Crippen LogP contribution in [-0.2, 0) is 28.2 Å². The molecular formula is C45H79O8P. The van der Waals surface area contributed by atoms with Crippen LogP contribution in [-0.4, -0.2) is 41.0 Å². The smallest absolute Gasteiger partial charge is 0.462 e. The Morgan fingerprint density at radius 3 is 1.31 bits per heavy atom. The maximum Gasteiger partial charge on any atom is 0.469 e. The van der Waals surface area contributed by atoms with E-state index in [0.717, 1.165) is 19.3 Å². The maximum absolute atomic E-state index is 12.3. The van der Waals surface area contributed by atoms with Crippen molar-refractivity contribution >= 4 is 19.8 Å². The SMILES string of the molecule is CC/C=C/C=C/C=C/C=C/C=C/CCCC(=O)OC(COC(=O)CCCCCCCCCCCCCCCCCCCCCCCCC)COP(=O)(O)O. The topological polar surface area (TPSA) is 119 Å². The molecule has 0 aliphatic heterocycles. The number of ether oxygens (including phenoxy) is 2. The first-order chi connectivity index (χ1) is 26.3. The molecule has 0 rings (SSSR count). The molecule has 0 aliphatic carbocycles. The molecule has 0 spiro atoms. The van der Waals surface area contributed by atoms with Gasteiger partial charge in [-0.25, -0.2) is 4.57 Å². The molecule has 1 unspecified atom stereocenters. The van der Waals surface area contributed by atoms with Crippen molar-refractivity contribution in [3.63, 3.8) is 0 Å². The minimum Gasteiger partial charge on any atom is -0.462 e. The van der Waals surface area contributed by atoms with Crippen molar-refractivity contribution in [2.75, 3.05) is 13.2 Å². The summed E-state index contributed by atoms with van der Waals surface area (Å²) in [5.41, 5.74) is 0. The normalized spacial score (nSPS) is 13.0. The van der Waals surface area contributed by atoms with Gasteiger partial charge in [-0.3, -0.25) is 14.1 Å². The van der Waals surface area contributed by atoms with Crippen molar-refractivity contribution in [3.8, 4) is 0 Å². The molecule has 0 saturated heterocycles. The van der Waals surface area contributed by atoms with Gasteiger partial charge in [-0.05, 0) is 25.7 Å². The number of esters is 2. The summed E-state index contributed by atoms with van der Waals surface area (Å²) >= 11 is 0. The highest BCUT2D eigenvalue weighted by molar-refractivity contribution is 7.46. The van der Waals surface area contributed by atoms with Gasteiger partial charge in [0.2, 0.25) is 0 Å². The van der Waals surface area contributed by atoms with Crippen LogP contribution in [0.5, 0.6) is 0 Å². The number of phosphoric ester groups is 1. The van der Waals surface area contributed by atoms with E-state index >= 15 is 0 Å². The van der Waals surface area contributed by atoms with E-state index in [9.17, 15) is 14.2 Å². The van der Waals surface area contributed by atoms with E-state index in [2.05, 4.69) is 24.4 Å². The summed E-state index contributed by atoms with van der Waals surface area (Å²) < 4.78 is 26.3. The molecule has 0 fully saturated rings. The van der Waals surface area contributed by atoms with Gasteiger partial charge in [-0.15, -0.1) is 0 Å². The standard InChI is InChI=1S/C45H79O8P/c1-3-5-7-9-11-13-15-17-18-19-20-21-22-23-24-25-26-28-29-31-33-35-37-39-44(46)51-41-43(42-52-54(48,49)50)53-45(47)40-38-36-34-32-30-27-16-14-12-10-8-6-4-2/h6,8,10,12,14,16,27,30,32,34,43H,3-5,7,9,11,13,15,17-26,28-29,31,33,35-42H2,1-2H3,(H2,48,49,50)/b8-6+,12-10+,16-14+,30-27+,34-32+. The third-order valence-corrected chi connectivity index (χ3v) is 9.66. The molecule has 0 bridgehead atoms. The number of carbonyl (C=O) groups excluding carboxylic acids is 2. The van der Waals surface area contributed by atoms with Gasteiger partial charge in [-0.1, -0.05) is 216 Å². The lowest BCUT2D eigenvalue weighted by atomic mass is 10.0. The number of carbonyl (C=O) groups is 2. The fourth-order valence-electron chi connectivity index (χ4n) is 5.99. The van der Waals surface area contributed by atoms with Crippen LogP contribution in [0.3, 0.4) is 0 Å². The van der Waals surface area contributed by atoms with E-state index in [1.54, 1.807) is 0 Å². The number of phosphoric acid groups is 1. The molecule has 54 heavy (non-hydrogen) atoms. The average molecular weight is 779 g/mol. The molecule has 0 heterocycles. The third kappa shape index (κ3) is 42.5. The van der Waals surface area contributed by atoms with Gasteiger partial charge >= 0.3 is 19.8 Å². The predicted molar refractivity (Wildman–Crippen MR) is 225 cm³/mol. The summed E-state index contributed by atoms with van der Waals surface area (Å²) in [6, 6.07) is 0. The summed E-state index contributed by atoms with van der Waals surface area (Å²) in [5.74, 6) is -0.968. The predicted octanol–water partition coefficient (Wildman–Crippen LogP) is 13.3. The van der Waals surface area contributed by atoms with Gasteiger partial charge in [0.1, 0.15) is 6.61 Å². The van der Waals surface area contributed by atoms with Gasteiger partial charge < -0.3 is 19.3 Å². The van der Waals surface area contributed by atoms with Gasteiger partial charge in [0.05, 0.1) is 6.61 Å². The quantitative estimate of drug-likeness (QED) is 0.0274. The van der Waals surface area contributed by atoms with Crippen LogP contribution in [0.1, 0.15) is 194 Å². The zero-order valence-electron chi connectivity index (χ0n) is 34.4. The first-order valence-corrected chi connectivity index (χ1v) is 23.2. The molecular weight excluding hydrogens is 699 g/mol. The van der Waals surface area contributed by atoms with Crippen molar-refractivity contribution in [2.24, 2.45) is 0 Å². The van der Waals surface area contributed by atoms with E-state index in [0.29, 0.717) is 19.3 Å². The van der Waals surface area contributed by atoms with Crippen LogP contribution in [0.4, 0.5) is 0 Å². The molecule has 0 amide bonds. The largest absolute Gasteiger partial charge is 0.469 e. The van der Waals surface area contributed by atoms with Gasteiger partial charge in [-0.2, -0.15) is 0 Å². The third-order valence-electron chi connectivity index (χ3n) is 9.18. The lowest BCUT2D eigenvalue weighted by molar-refractivity contribution is -0.161. The molecule has 0 aromatic carbocycles. The van der Waals surface area contributed by atoms with E-state index in [1.165, 1.54) is 128 Å². The van der Waals surface area contributed by atoms with Crippen LogP contribution in [0, 0.1) is 0 Å². The Morgan fingerprint density at radius 2 is 0.889 bits per heavy atom. The molecule has 8 nitrogen and oxygen atoms in total. The average Bonchev–Trinajstić information content (AvgIpc) is 3.14. The minimum absolute atomic E-state index is 0.115. The Hall–Kier alpha value is -2.25. The molecule has 0 aromatic rings. The van der Waals surface area contributed by atoms with Gasteiger partial charge in [0, 0.05) is 12.8 Å². The Bertz CT molecular complexity index is 1060. The molecule has 1 atom stereocenters. The Morgan fingerprint density at radius 1 is 0.500 bits per heavy atom. The van der Waals surface area contributed by atoms with Gasteiger partial charge in [0.25, 0.3) is 0 Å². The van der Waals surface area contributed by atoms with Crippen LogP contribution in [0.15, 0.2) is 60.8 Å². The Kier molecular flexibility index (Phi) is 38.7. The lowest BCUT2D eigenvalue weighted by Crippen LogP contribution is -2.29. The van der Waals surface area contributed by atoms with Gasteiger partial charge in [0.15, 0.2) is 6.10 Å². The van der Waals surface area contributed by atoms with Crippen molar-refractivity contribution in [3.05, 3.63) is 60.8 Å². The maximum atomic E-state index is 12.3. The van der Waals surface area contributed by atoms with Crippen molar-refractivity contribution in [1.82, 2.24) is 0 Å². The number of rotatable bonds is 39. The molecule has 2 N–H and O–H groups in total. The van der Waals surface area contributed by atoms with Crippen molar-refractivity contribution in [2.45, 2.75) is 200 Å². The second-order valence-corrected chi connectivity index (χ2v) is 15.7. The molecule has 9 heteroatoms. The zero-order valence-corrected chi connectivity index (χ0v) is 35.2. The van der Waals surface area contributed by atoms with Crippen molar-refractivity contribution in [1.29, 1.82) is 0 Å². The van der Waals surface area contributed by atoms with Crippen LogP contribution < -0.4 is 0 Å². The highest BCUT2D eigenvalue weighted by Gasteiger charge is 2.22. The number of hydrogen-bond acceptors (Lipinski definition) is 6. The number of hydrogen-bond donors (Lipinski definition) is 2. The zero-order chi connectivity index (χ0) is 39.6. The van der Waals surface area contributed by atoms with Crippen LogP contribution in [0.2, 0.25) is 0 Å². The Labute approximate surface area is 330 Å². The van der Waals surface area contributed by atoms with E-state index in [1.807, 2.05) is 54.7 Å². The first kappa shape index (κ1) is 51.8. The Balaban J connectivity index is 3.88. The molecule has 0 radical (unpaired) electrons. The number of unbranched alkanes of at least 4 members (excludes halogenated alkanes) is 23. The van der Waals surface area contributed by atoms with Crippen LogP contribution >= 0.6 is 7.82 Å². The second kappa shape index (κ2) is 40.4. The monoisotopic (exact) mass is 779 g/mol. The highest BCUT2D eigenvalue weighted by Crippen LogP contribution is 2.36.